The number of unbranched alkanes of at least 4 members (excludes halogenated alkanes) is 3. The van der Waals surface area contributed by atoms with Gasteiger partial charge in [0.15, 0.2) is 0 Å². The molecular formula is C15H31N3O2. The molecule has 0 saturated carbocycles. The molecule has 5 nitrogen and oxygen atoms in total. The molecule has 118 valence electrons. The number of amides is 2. The molecule has 0 spiro atoms. The number of nitrogens with zero attached hydrogens (tertiary/aromatic N) is 1. The van der Waals surface area contributed by atoms with Gasteiger partial charge >= 0.3 is 0 Å². The summed E-state index contributed by atoms with van der Waals surface area (Å²) < 4.78 is 0. The molecule has 0 rings (SSSR count). The number of likely N-dealkylation sites (N-methyl/N-ethyl adjacent to an activating group) is 1. The van der Waals surface area contributed by atoms with Crippen LogP contribution in [0.4, 0.5) is 0 Å². The lowest BCUT2D eigenvalue weighted by atomic mass is 10.0. The molecule has 0 bridgehead atoms. The van der Waals surface area contributed by atoms with Gasteiger partial charge in [-0.3, -0.25) is 9.59 Å². The Hall–Kier alpha value is -1.10. The van der Waals surface area contributed by atoms with Crippen LogP contribution in [0.5, 0.6) is 0 Å². The highest BCUT2D eigenvalue weighted by atomic mass is 16.2. The number of carbonyl (C=O) groups is 2. The lowest BCUT2D eigenvalue weighted by Gasteiger charge is -2.23. The zero-order valence-electron chi connectivity index (χ0n) is 13.4. The maximum Gasteiger partial charge on any atom is 0.244 e. The molecule has 1 atom stereocenters. The number of nitrogens with one attached hydrogen (secondary N) is 1. The summed E-state index contributed by atoms with van der Waals surface area (Å²) in [4.78, 5) is 25.5. The zero-order valence-corrected chi connectivity index (χ0v) is 13.4. The van der Waals surface area contributed by atoms with Crippen LogP contribution >= 0.6 is 0 Å². The average molecular weight is 285 g/mol. The fraction of sp³-hybridized carbons (Fsp3) is 0.867. The Bertz CT molecular complexity index is 291. The van der Waals surface area contributed by atoms with Crippen LogP contribution in [0.2, 0.25) is 0 Å². The Kier molecular flexibility index (Phi) is 10.1. The second-order valence-corrected chi connectivity index (χ2v) is 5.94. The van der Waals surface area contributed by atoms with Gasteiger partial charge < -0.3 is 16.0 Å². The molecule has 1 unspecified atom stereocenters. The van der Waals surface area contributed by atoms with Gasteiger partial charge in [-0.25, -0.2) is 0 Å². The van der Waals surface area contributed by atoms with Gasteiger partial charge in [0.2, 0.25) is 11.8 Å². The van der Waals surface area contributed by atoms with Crippen molar-refractivity contribution in [2.24, 2.45) is 11.7 Å². The highest BCUT2D eigenvalue weighted by Gasteiger charge is 2.22. The Morgan fingerprint density at radius 3 is 2.20 bits per heavy atom. The monoisotopic (exact) mass is 285 g/mol. The van der Waals surface area contributed by atoms with Crippen LogP contribution in [-0.4, -0.2) is 43.4 Å². The van der Waals surface area contributed by atoms with Crippen molar-refractivity contribution in [2.75, 3.05) is 20.6 Å². The van der Waals surface area contributed by atoms with Crippen LogP contribution in [0.3, 0.4) is 0 Å². The van der Waals surface area contributed by atoms with Crippen LogP contribution in [0.25, 0.3) is 0 Å². The van der Waals surface area contributed by atoms with Gasteiger partial charge in [0, 0.05) is 20.5 Å². The SMILES string of the molecule is CC(C)CC(NC(=O)CCCCCCN)C(=O)N(C)C. The third kappa shape index (κ3) is 8.91. The Morgan fingerprint density at radius 1 is 1.10 bits per heavy atom. The first-order valence-electron chi connectivity index (χ1n) is 7.59. The van der Waals surface area contributed by atoms with E-state index in [0.717, 1.165) is 25.7 Å². The molecule has 0 radical (unpaired) electrons. The molecule has 0 aliphatic carbocycles. The van der Waals surface area contributed by atoms with Crippen LogP contribution in [0, 0.1) is 5.92 Å². The first kappa shape index (κ1) is 18.9. The maximum absolute atomic E-state index is 12.0. The van der Waals surface area contributed by atoms with E-state index in [2.05, 4.69) is 19.2 Å². The first-order chi connectivity index (χ1) is 9.38. The van der Waals surface area contributed by atoms with E-state index in [0.29, 0.717) is 25.3 Å². The van der Waals surface area contributed by atoms with Crippen LogP contribution in [-0.2, 0) is 9.59 Å². The van der Waals surface area contributed by atoms with Crippen molar-refractivity contribution in [3.63, 3.8) is 0 Å². The lowest BCUT2D eigenvalue weighted by Crippen LogP contribution is -2.46. The summed E-state index contributed by atoms with van der Waals surface area (Å²) in [5, 5.41) is 2.87. The molecule has 3 N–H and O–H groups in total. The number of nitrogens with two attached hydrogens (primary N) is 1. The van der Waals surface area contributed by atoms with Crippen molar-refractivity contribution in [3.05, 3.63) is 0 Å². The topological polar surface area (TPSA) is 75.4 Å². The number of hydrogen-bond acceptors (Lipinski definition) is 3. The second-order valence-electron chi connectivity index (χ2n) is 5.94. The fourth-order valence-electron chi connectivity index (χ4n) is 2.05. The fourth-order valence-corrected chi connectivity index (χ4v) is 2.05. The minimum Gasteiger partial charge on any atom is -0.347 e. The predicted molar refractivity (Wildman–Crippen MR) is 82.2 cm³/mol. The predicted octanol–water partition coefficient (Wildman–Crippen LogP) is 1.51. The van der Waals surface area contributed by atoms with E-state index < -0.39 is 6.04 Å². The summed E-state index contributed by atoms with van der Waals surface area (Å²) in [6.07, 6.45) is 5.11. The molecule has 0 saturated heterocycles. The normalized spacial score (nSPS) is 12.3. The van der Waals surface area contributed by atoms with Crippen molar-refractivity contribution in [2.45, 2.75) is 58.4 Å². The number of hydrogen-bond donors (Lipinski definition) is 2. The smallest absolute Gasteiger partial charge is 0.244 e. The van der Waals surface area contributed by atoms with Gasteiger partial charge in [0.1, 0.15) is 6.04 Å². The first-order valence-corrected chi connectivity index (χ1v) is 7.59. The van der Waals surface area contributed by atoms with E-state index in [4.69, 9.17) is 5.73 Å². The van der Waals surface area contributed by atoms with Crippen LogP contribution < -0.4 is 11.1 Å². The van der Waals surface area contributed by atoms with E-state index in [1.165, 1.54) is 4.90 Å². The standard InChI is InChI=1S/C15H31N3O2/c1-12(2)11-13(15(20)18(3)4)17-14(19)9-7-5-6-8-10-16/h12-13H,5-11,16H2,1-4H3,(H,17,19). The minimum absolute atomic E-state index is 0.0291. The second kappa shape index (κ2) is 10.7. The molecule has 0 aromatic rings. The largest absolute Gasteiger partial charge is 0.347 e. The molecule has 20 heavy (non-hydrogen) atoms. The van der Waals surface area contributed by atoms with Gasteiger partial charge in [-0.1, -0.05) is 26.7 Å². The van der Waals surface area contributed by atoms with Gasteiger partial charge in [-0.05, 0) is 31.7 Å². The molecule has 5 heteroatoms. The van der Waals surface area contributed by atoms with Crippen molar-refractivity contribution < 1.29 is 9.59 Å². The van der Waals surface area contributed by atoms with Crippen molar-refractivity contribution in [1.29, 1.82) is 0 Å². The molecular weight excluding hydrogens is 254 g/mol. The molecule has 0 aliphatic rings. The zero-order chi connectivity index (χ0) is 15.5. The van der Waals surface area contributed by atoms with E-state index in [9.17, 15) is 9.59 Å². The Balaban J connectivity index is 4.15. The van der Waals surface area contributed by atoms with Gasteiger partial charge in [-0.2, -0.15) is 0 Å². The van der Waals surface area contributed by atoms with Gasteiger partial charge in [-0.15, -0.1) is 0 Å². The molecule has 0 fully saturated rings. The summed E-state index contributed by atoms with van der Waals surface area (Å²) in [6.45, 7) is 4.81. The highest BCUT2D eigenvalue weighted by Crippen LogP contribution is 2.08. The van der Waals surface area contributed by atoms with Gasteiger partial charge in [0.05, 0.1) is 0 Å². The third-order valence-electron chi connectivity index (χ3n) is 3.14. The molecule has 2 amide bonds. The Labute approximate surface area is 123 Å². The molecule has 0 heterocycles. The summed E-state index contributed by atoms with van der Waals surface area (Å²) in [5.74, 6) is 0.308. The molecule has 0 aliphatic heterocycles. The quantitative estimate of drug-likeness (QED) is 0.597. The van der Waals surface area contributed by atoms with Gasteiger partial charge in [0.25, 0.3) is 0 Å². The lowest BCUT2D eigenvalue weighted by molar-refractivity contribution is -0.134. The average Bonchev–Trinajstić information content (AvgIpc) is 2.36. The van der Waals surface area contributed by atoms with E-state index in [1.807, 2.05) is 0 Å². The van der Waals surface area contributed by atoms with E-state index in [1.54, 1.807) is 14.1 Å². The van der Waals surface area contributed by atoms with Crippen molar-refractivity contribution in [1.82, 2.24) is 10.2 Å². The van der Waals surface area contributed by atoms with Crippen LogP contribution in [0.15, 0.2) is 0 Å². The van der Waals surface area contributed by atoms with Crippen LogP contribution in [0.1, 0.15) is 52.4 Å². The van der Waals surface area contributed by atoms with E-state index in [-0.39, 0.29) is 11.8 Å². The van der Waals surface area contributed by atoms with Crippen molar-refractivity contribution in [3.8, 4) is 0 Å². The summed E-state index contributed by atoms with van der Waals surface area (Å²) in [5.41, 5.74) is 5.42. The maximum atomic E-state index is 12.0. The minimum atomic E-state index is -0.401. The van der Waals surface area contributed by atoms with Crippen molar-refractivity contribution >= 4 is 11.8 Å². The summed E-state index contributed by atoms with van der Waals surface area (Å²) in [6, 6.07) is -0.401. The Morgan fingerprint density at radius 2 is 1.70 bits per heavy atom. The summed E-state index contributed by atoms with van der Waals surface area (Å²) in [7, 11) is 3.43. The molecule has 0 aromatic carbocycles. The number of carbonyl (C=O) groups excluding carboxylic acids is 2. The third-order valence-corrected chi connectivity index (χ3v) is 3.14. The number of rotatable bonds is 10. The summed E-state index contributed by atoms with van der Waals surface area (Å²) >= 11 is 0. The van der Waals surface area contributed by atoms with E-state index >= 15 is 0 Å². The highest BCUT2D eigenvalue weighted by molar-refractivity contribution is 5.87. The molecule has 0 aromatic heterocycles.